The molecule has 0 fully saturated rings. The van der Waals surface area contributed by atoms with Gasteiger partial charge in [0.15, 0.2) is 0 Å². The average Bonchev–Trinajstić information content (AvgIpc) is 2.94. The molecular weight excluding hydrogens is 476 g/mol. The van der Waals surface area contributed by atoms with Gasteiger partial charge < -0.3 is 29.2 Å². The monoisotopic (exact) mass is 512 g/mol. The Kier molecular flexibility index (Phi) is 11.9. The lowest BCUT2D eigenvalue weighted by Gasteiger charge is -2.33. The summed E-state index contributed by atoms with van der Waals surface area (Å²) in [4.78, 5) is 22.2. The Hall–Kier alpha value is -3.62. The van der Waals surface area contributed by atoms with E-state index in [1.54, 1.807) is 0 Å². The minimum absolute atomic E-state index is 0.0106. The maximum absolute atomic E-state index is 11.1. The Morgan fingerprint density at radius 3 is 1.38 bits per heavy atom. The summed E-state index contributed by atoms with van der Waals surface area (Å²) in [7, 11) is 0. The minimum Gasteiger partial charge on any atom is -0.491 e. The lowest BCUT2D eigenvalue weighted by Crippen LogP contribution is -2.26. The molecule has 0 saturated carbocycles. The van der Waals surface area contributed by atoms with Crippen molar-refractivity contribution in [2.24, 2.45) is 0 Å². The molecule has 8 nitrogen and oxygen atoms in total. The first-order valence-electron chi connectivity index (χ1n) is 12.2. The van der Waals surface area contributed by atoms with Gasteiger partial charge >= 0.3 is 11.9 Å². The molecule has 37 heavy (non-hydrogen) atoms. The van der Waals surface area contributed by atoms with Gasteiger partial charge in [0.05, 0.1) is 0 Å². The number of hydrogen-bond acceptors (Lipinski definition) is 8. The highest BCUT2D eigenvalue weighted by atomic mass is 16.6. The summed E-state index contributed by atoms with van der Waals surface area (Å²) in [6.07, 6.45) is 1.92. The van der Waals surface area contributed by atoms with Crippen LogP contribution in [-0.4, -0.2) is 60.8 Å². The molecule has 0 aliphatic rings. The summed E-state index contributed by atoms with van der Waals surface area (Å²) in [5.74, 6) is 0.00487. The van der Waals surface area contributed by atoms with E-state index in [4.69, 9.17) is 18.9 Å². The third-order valence-electron chi connectivity index (χ3n) is 6.07. The van der Waals surface area contributed by atoms with E-state index in [1.807, 2.05) is 48.5 Å². The van der Waals surface area contributed by atoms with Crippen molar-refractivity contribution in [1.29, 1.82) is 0 Å². The second-order valence-electron chi connectivity index (χ2n) is 8.44. The second kappa shape index (κ2) is 14.8. The zero-order valence-electron chi connectivity index (χ0n) is 21.4. The Bertz CT molecular complexity index is 930. The van der Waals surface area contributed by atoms with E-state index in [1.165, 1.54) is 0 Å². The lowest BCUT2D eigenvalue weighted by atomic mass is 9.70. The Balaban J connectivity index is 2.01. The summed E-state index contributed by atoms with van der Waals surface area (Å²) >= 11 is 0. The normalized spacial score (nSPS) is 12.6. The zero-order valence-corrected chi connectivity index (χ0v) is 21.4. The van der Waals surface area contributed by atoms with Crippen LogP contribution in [0.25, 0.3) is 0 Å². The molecule has 200 valence electrons. The molecule has 0 aliphatic heterocycles. The average molecular weight is 513 g/mol. The van der Waals surface area contributed by atoms with Gasteiger partial charge in [-0.15, -0.1) is 0 Å². The molecule has 2 unspecified atom stereocenters. The zero-order chi connectivity index (χ0) is 27.3. The van der Waals surface area contributed by atoms with E-state index >= 15 is 0 Å². The summed E-state index contributed by atoms with van der Waals surface area (Å²) in [6, 6.07) is 15.5. The van der Waals surface area contributed by atoms with E-state index in [0.717, 1.165) is 36.1 Å². The van der Waals surface area contributed by atoms with Gasteiger partial charge in [-0.1, -0.05) is 51.3 Å². The van der Waals surface area contributed by atoms with Crippen molar-refractivity contribution in [3.63, 3.8) is 0 Å². The van der Waals surface area contributed by atoms with Crippen molar-refractivity contribution < 1.29 is 38.7 Å². The number of benzene rings is 2. The number of aliphatic hydroxyl groups is 2. The van der Waals surface area contributed by atoms with Crippen LogP contribution in [0.5, 0.6) is 11.5 Å². The van der Waals surface area contributed by atoms with Crippen LogP contribution in [0, 0.1) is 0 Å². The van der Waals surface area contributed by atoms with Gasteiger partial charge in [-0.25, -0.2) is 9.59 Å². The topological polar surface area (TPSA) is 112 Å². The fraction of sp³-hybridized carbons (Fsp3) is 0.379. The highest BCUT2D eigenvalue weighted by molar-refractivity contribution is 5.81. The maximum atomic E-state index is 11.1. The molecule has 0 radical (unpaired) electrons. The van der Waals surface area contributed by atoms with E-state index in [-0.39, 0.29) is 31.8 Å². The second-order valence-corrected chi connectivity index (χ2v) is 8.44. The third-order valence-corrected chi connectivity index (χ3v) is 6.07. The van der Waals surface area contributed by atoms with E-state index in [2.05, 4.69) is 27.0 Å². The molecule has 0 amide bonds. The first-order valence-corrected chi connectivity index (χ1v) is 12.2. The van der Waals surface area contributed by atoms with Gasteiger partial charge in [-0.2, -0.15) is 0 Å². The highest BCUT2D eigenvalue weighted by Gasteiger charge is 2.30. The van der Waals surface area contributed by atoms with E-state index in [9.17, 15) is 19.8 Å². The van der Waals surface area contributed by atoms with Crippen LogP contribution in [0.1, 0.15) is 37.8 Å². The largest absolute Gasteiger partial charge is 0.491 e. The third kappa shape index (κ3) is 8.77. The molecule has 0 aromatic heterocycles. The molecule has 2 rings (SSSR count). The molecule has 2 atom stereocenters. The number of esters is 2. The van der Waals surface area contributed by atoms with Crippen LogP contribution in [-0.2, 0) is 24.5 Å². The number of aliphatic hydroxyl groups excluding tert-OH is 2. The van der Waals surface area contributed by atoms with Gasteiger partial charge in [-0.05, 0) is 48.2 Å². The van der Waals surface area contributed by atoms with Crippen molar-refractivity contribution in [1.82, 2.24) is 0 Å². The van der Waals surface area contributed by atoms with Crippen molar-refractivity contribution in [2.45, 2.75) is 44.3 Å². The molecule has 2 N–H and O–H groups in total. The standard InChI is InChI=1S/C29H36O8/c1-5-27(32)36-19-23(30)17-34-25-13-9-21(10-14-25)29(7-3,8-4)22-11-15-26(16-12-22)35-18-24(31)20-37-28(33)6-2/h5-6,9-16,23-24,30-31H,1-2,7-8,17-20H2,3-4H3. The number of carbonyl (C=O) groups excluding carboxylic acids is 2. The molecular formula is C29H36O8. The van der Waals surface area contributed by atoms with Crippen molar-refractivity contribution >= 4 is 11.9 Å². The molecule has 0 aliphatic carbocycles. The van der Waals surface area contributed by atoms with E-state index < -0.39 is 24.1 Å². The Morgan fingerprint density at radius 2 is 1.08 bits per heavy atom. The summed E-state index contributed by atoms with van der Waals surface area (Å²) in [5, 5.41) is 19.9. The fourth-order valence-electron chi connectivity index (χ4n) is 3.93. The predicted octanol–water partition coefficient (Wildman–Crippen LogP) is 3.73. The molecule has 2 aromatic rings. The summed E-state index contributed by atoms with van der Waals surface area (Å²) in [5.41, 5.74) is 2.02. The molecule has 0 bridgehead atoms. The fourth-order valence-corrected chi connectivity index (χ4v) is 3.93. The lowest BCUT2D eigenvalue weighted by molar-refractivity contribution is -0.142. The van der Waals surface area contributed by atoms with Gasteiger partial charge in [0.1, 0.15) is 50.1 Å². The highest BCUT2D eigenvalue weighted by Crippen LogP contribution is 2.40. The van der Waals surface area contributed by atoms with Crippen molar-refractivity contribution in [3.05, 3.63) is 85.0 Å². The summed E-state index contributed by atoms with van der Waals surface area (Å²) in [6.45, 7) is 10.5. The number of ether oxygens (including phenoxy) is 4. The Morgan fingerprint density at radius 1 is 0.730 bits per heavy atom. The predicted molar refractivity (Wildman–Crippen MR) is 140 cm³/mol. The number of hydrogen-bond donors (Lipinski definition) is 2. The molecule has 0 saturated heterocycles. The first kappa shape index (κ1) is 29.6. The van der Waals surface area contributed by atoms with Gasteiger partial charge in [0.2, 0.25) is 0 Å². The van der Waals surface area contributed by atoms with E-state index in [0.29, 0.717) is 11.5 Å². The van der Waals surface area contributed by atoms with Gasteiger partial charge in [0.25, 0.3) is 0 Å². The van der Waals surface area contributed by atoms with Crippen LogP contribution < -0.4 is 9.47 Å². The quantitative estimate of drug-likeness (QED) is 0.259. The molecule has 2 aromatic carbocycles. The van der Waals surface area contributed by atoms with Crippen LogP contribution >= 0.6 is 0 Å². The molecule has 0 heterocycles. The van der Waals surface area contributed by atoms with Crippen LogP contribution in [0.4, 0.5) is 0 Å². The van der Waals surface area contributed by atoms with Gasteiger partial charge in [-0.3, -0.25) is 0 Å². The van der Waals surface area contributed by atoms with Crippen LogP contribution in [0.15, 0.2) is 73.8 Å². The molecule has 0 spiro atoms. The smallest absolute Gasteiger partial charge is 0.330 e. The minimum atomic E-state index is -0.946. The van der Waals surface area contributed by atoms with Gasteiger partial charge in [0, 0.05) is 17.6 Å². The van der Waals surface area contributed by atoms with Crippen LogP contribution in [0.2, 0.25) is 0 Å². The summed E-state index contributed by atoms with van der Waals surface area (Å²) < 4.78 is 20.9. The van der Waals surface area contributed by atoms with Crippen LogP contribution in [0.3, 0.4) is 0 Å². The van der Waals surface area contributed by atoms with Crippen molar-refractivity contribution in [2.75, 3.05) is 26.4 Å². The SMILES string of the molecule is C=CC(=O)OCC(O)COc1ccc(C(CC)(CC)c2ccc(OCC(O)COC(=O)C=C)cc2)cc1. The first-order chi connectivity index (χ1) is 17.8. The number of rotatable bonds is 16. The maximum Gasteiger partial charge on any atom is 0.330 e. The number of carbonyl (C=O) groups is 2. The molecule has 8 heteroatoms. The van der Waals surface area contributed by atoms with Crippen molar-refractivity contribution in [3.8, 4) is 11.5 Å². The Labute approximate surface area is 218 Å².